The standard InChI is InChI=1S/C16H21NOS/c1-2-3-4-5-6-7-12-19-16(18)15-10-8-14(13-17)9-11-15/h8-11H,2-7,12H2,1H3. The Bertz CT molecular complexity index is 419. The molecule has 0 radical (unpaired) electrons. The molecule has 0 N–H and O–H groups in total. The zero-order chi connectivity index (χ0) is 13.9. The Morgan fingerprint density at radius 3 is 2.37 bits per heavy atom. The predicted molar refractivity (Wildman–Crippen MR) is 81.3 cm³/mol. The van der Waals surface area contributed by atoms with Crippen LogP contribution in [-0.4, -0.2) is 10.9 Å². The van der Waals surface area contributed by atoms with Gasteiger partial charge in [-0.1, -0.05) is 50.8 Å². The van der Waals surface area contributed by atoms with Crippen LogP contribution in [0.2, 0.25) is 0 Å². The molecule has 0 spiro atoms. The maximum atomic E-state index is 11.9. The van der Waals surface area contributed by atoms with Crippen LogP contribution in [0.1, 0.15) is 61.4 Å². The van der Waals surface area contributed by atoms with Crippen molar-refractivity contribution in [1.29, 1.82) is 5.26 Å². The molecule has 0 aromatic heterocycles. The van der Waals surface area contributed by atoms with Crippen molar-refractivity contribution in [2.24, 2.45) is 0 Å². The lowest BCUT2D eigenvalue weighted by atomic mass is 10.1. The fraction of sp³-hybridized carbons (Fsp3) is 0.500. The number of thioether (sulfide) groups is 1. The summed E-state index contributed by atoms with van der Waals surface area (Å²) in [7, 11) is 0. The lowest BCUT2D eigenvalue weighted by Gasteiger charge is -2.02. The fourth-order valence-corrected chi connectivity index (χ4v) is 2.65. The Morgan fingerprint density at radius 2 is 1.74 bits per heavy atom. The van der Waals surface area contributed by atoms with E-state index in [2.05, 4.69) is 13.0 Å². The molecule has 1 aromatic rings. The summed E-state index contributed by atoms with van der Waals surface area (Å²) in [6, 6.07) is 8.90. The Balaban J connectivity index is 2.18. The van der Waals surface area contributed by atoms with Gasteiger partial charge >= 0.3 is 0 Å². The number of rotatable bonds is 8. The third-order valence-corrected chi connectivity index (χ3v) is 3.97. The largest absolute Gasteiger partial charge is 0.282 e. The number of carbonyl (C=O) groups is 1. The van der Waals surface area contributed by atoms with Gasteiger partial charge < -0.3 is 0 Å². The summed E-state index contributed by atoms with van der Waals surface area (Å²) in [4.78, 5) is 11.9. The summed E-state index contributed by atoms with van der Waals surface area (Å²) < 4.78 is 0. The molecular weight excluding hydrogens is 254 g/mol. The molecule has 0 unspecified atom stereocenters. The zero-order valence-electron chi connectivity index (χ0n) is 11.5. The number of carbonyl (C=O) groups excluding carboxylic acids is 1. The van der Waals surface area contributed by atoms with Crippen LogP contribution in [0, 0.1) is 11.3 Å². The molecule has 0 aliphatic heterocycles. The smallest absolute Gasteiger partial charge is 0.219 e. The number of unbranched alkanes of at least 4 members (excludes halogenated alkanes) is 5. The molecule has 102 valence electrons. The molecule has 0 atom stereocenters. The first-order valence-electron chi connectivity index (χ1n) is 6.95. The van der Waals surface area contributed by atoms with E-state index in [1.165, 1.54) is 43.9 Å². The van der Waals surface area contributed by atoms with E-state index in [0.717, 1.165) is 12.2 Å². The average Bonchev–Trinajstić information content (AvgIpc) is 2.46. The minimum Gasteiger partial charge on any atom is -0.282 e. The lowest BCUT2D eigenvalue weighted by Crippen LogP contribution is -1.95. The molecule has 1 rings (SSSR count). The Morgan fingerprint density at radius 1 is 1.11 bits per heavy atom. The van der Waals surface area contributed by atoms with E-state index in [1.807, 2.05) is 0 Å². The highest BCUT2D eigenvalue weighted by Gasteiger charge is 2.05. The topological polar surface area (TPSA) is 40.9 Å². The highest BCUT2D eigenvalue weighted by molar-refractivity contribution is 8.14. The lowest BCUT2D eigenvalue weighted by molar-refractivity contribution is 0.108. The molecule has 0 aliphatic carbocycles. The van der Waals surface area contributed by atoms with Crippen LogP contribution in [0.3, 0.4) is 0 Å². The van der Waals surface area contributed by atoms with Crippen molar-refractivity contribution in [2.45, 2.75) is 45.4 Å². The van der Waals surface area contributed by atoms with Crippen LogP contribution in [0.25, 0.3) is 0 Å². The van der Waals surface area contributed by atoms with E-state index >= 15 is 0 Å². The third-order valence-electron chi connectivity index (χ3n) is 2.98. The summed E-state index contributed by atoms with van der Waals surface area (Å²) >= 11 is 1.38. The summed E-state index contributed by atoms with van der Waals surface area (Å²) in [6.45, 7) is 2.21. The van der Waals surface area contributed by atoms with Gasteiger partial charge in [0.2, 0.25) is 5.12 Å². The molecule has 1 aromatic carbocycles. The number of hydrogen-bond donors (Lipinski definition) is 0. The highest BCUT2D eigenvalue weighted by atomic mass is 32.2. The van der Waals surface area contributed by atoms with E-state index in [1.54, 1.807) is 24.3 Å². The van der Waals surface area contributed by atoms with Crippen LogP contribution in [0.5, 0.6) is 0 Å². The molecular formula is C16H21NOS. The van der Waals surface area contributed by atoms with E-state index in [-0.39, 0.29) is 5.12 Å². The van der Waals surface area contributed by atoms with Gasteiger partial charge in [-0.05, 0) is 30.7 Å². The first kappa shape index (κ1) is 15.8. The number of nitrogens with zero attached hydrogens (tertiary/aromatic N) is 1. The first-order chi connectivity index (χ1) is 9.27. The van der Waals surface area contributed by atoms with Crippen molar-refractivity contribution in [3.63, 3.8) is 0 Å². The van der Waals surface area contributed by atoms with Crippen LogP contribution in [0.4, 0.5) is 0 Å². The molecule has 19 heavy (non-hydrogen) atoms. The molecule has 0 amide bonds. The number of benzene rings is 1. The monoisotopic (exact) mass is 275 g/mol. The van der Waals surface area contributed by atoms with Crippen LogP contribution < -0.4 is 0 Å². The van der Waals surface area contributed by atoms with Crippen molar-refractivity contribution in [2.75, 3.05) is 5.75 Å². The number of hydrogen-bond acceptors (Lipinski definition) is 3. The van der Waals surface area contributed by atoms with Gasteiger partial charge in [0.05, 0.1) is 11.6 Å². The van der Waals surface area contributed by atoms with Crippen molar-refractivity contribution >= 4 is 16.9 Å². The van der Waals surface area contributed by atoms with Gasteiger partial charge in [-0.15, -0.1) is 0 Å². The van der Waals surface area contributed by atoms with E-state index in [0.29, 0.717) is 11.1 Å². The zero-order valence-corrected chi connectivity index (χ0v) is 12.3. The van der Waals surface area contributed by atoms with Crippen molar-refractivity contribution < 1.29 is 4.79 Å². The minimum absolute atomic E-state index is 0.109. The normalized spacial score (nSPS) is 10.1. The molecule has 0 bridgehead atoms. The Hall–Kier alpha value is -1.27. The Kier molecular flexibility index (Phi) is 8.00. The maximum Gasteiger partial charge on any atom is 0.219 e. The van der Waals surface area contributed by atoms with Gasteiger partial charge in [0.25, 0.3) is 0 Å². The number of nitriles is 1. The molecule has 0 saturated heterocycles. The predicted octanol–water partition coefficient (Wildman–Crippen LogP) is 4.79. The Labute approximate surface area is 120 Å². The van der Waals surface area contributed by atoms with Gasteiger partial charge in [0.1, 0.15) is 0 Å². The van der Waals surface area contributed by atoms with Crippen LogP contribution in [-0.2, 0) is 0 Å². The van der Waals surface area contributed by atoms with Crippen molar-refractivity contribution in [1.82, 2.24) is 0 Å². The summed E-state index contributed by atoms with van der Waals surface area (Å²) in [5.41, 5.74) is 1.28. The van der Waals surface area contributed by atoms with E-state index in [4.69, 9.17) is 5.26 Å². The van der Waals surface area contributed by atoms with Crippen LogP contribution in [0.15, 0.2) is 24.3 Å². The average molecular weight is 275 g/mol. The molecule has 0 fully saturated rings. The summed E-state index contributed by atoms with van der Waals surface area (Å²) in [5, 5.41) is 8.80. The maximum absolute atomic E-state index is 11.9. The highest BCUT2D eigenvalue weighted by Crippen LogP contribution is 2.16. The molecule has 0 saturated carbocycles. The van der Waals surface area contributed by atoms with Crippen molar-refractivity contribution in [3.05, 3.63) is 35.4 Å². The summed E-state index contributed by atoms with van der Waals surface area (Å²) in [6.07, 6.45) is 7.50. The van der Waals surface area contributed by atoms with E-state index < -0.39 is 0 Å². The minimum atomic E-state index is 0.109. The fourth-order valence-electron chi connectivity index (χ4n) is 1.81. The molecule has 0 aliphatic rings. The van der Waals surface area contributed by atoms with Gasteiger partial charge in [-0.25, -0.2) is 0 Å². The van der Waals surface area contributed by atoms with Crippen LogP contribution >= 0.6 is 11.8 Å². The summed E-state index contributed by atoms with van der Waals surface area (Å²) in [5.74, 6) is 0.894. The molecule has 3 heteroatoms. The van der Waals surface area contributed by atoms with Gasteiger partial charge in [0, 0.05) is 11.3 Å². The van der Waals surface area contributed by atoms with Gasteiger partial charge in [-0.3, -0.25) is 4.79 Å². The first-order valence-corrected chi connectivity index (χ1v) is 7.93. The second-order valence-electron chi connectivity index (χ2n) is 4.59. The second kappa shape index (κ2) is 9.63. The van der Waals surface area contributed by atoms with Gasteiger partial charge in [0.15, 0.2) is 0 Å². The second-order valence-corrected chi connectivity index (χ2v) is 5.66. The molecule has 2 nitrogen and oxygen atoms in total. The van der Waals surface area contributed by atoms with E-state index in [9.17, 15) is 4.79 Å². The van der Waals surface area contributed by atoms with Crippen molar-refractivity contribution in [3.8, 4) is 6.07 Å². The van der Waals surface area contributed by atoms with Gasteiger partial charge in [-0.2, -0.15) is 5.26 Å². The quantitative estimate of drug-likeness (QED) is 0.640. The molecule has 0 heterocycles. The SMILES string of the molecule is CCCCCCCCSC(=O)c1ccc(C#N)cc1. The third kappa shape index (κ3) is 6.45.